The van der Waals surface area contributed by atoms with Gasteiger partial charge in [-0.3, -0.25) is 4.68 Å². The van der Waals surface area contributed by atoms with E-state index >= 15 is 0 Å². The fraction of sp³-hybridized carbons (Fsp3) is 0.333. The van der Waals surface area contributed by atoms with E-state index in [9.17, 15) is 4.79 Å². The molecule has 0 radical (unpaired) electrons. The maximum atomic E-state index is 10.6. The van der Waals surface area contributed by atoms with Crippen LogP contribution in [0.1, 0.15) is 19.0 Å². The Morgan fingerprint density at radius 1 is 1.77 bits per heavy atom. The number of nitrogens with zero attached hydrogens (tertiary/aromatic N) is 2. The predicted octanol–water partition coefficient (Wildman–Crippen LogP) is 1.30. The van der Waals surface area contributed by atoms with Gasteiger partial charge in [0.25, 0.3) is 0 Å². The molecule has 4 heteroatoms. The Morgan fingerprint density at radius 2 is 2.46 bits per heavy atom. The van der Waals surface area contributed by atoms with Gasteiger partial charge in [0.2, 0.25) is 0 Å². The predicted molar refractivity (Wildman–Crippen MR) is 49.1 cm³/mol. The molecule has 0 saturated heterocycles. The van der Waals surface area contributed by atoms with Gasteiger partial charge in [0.05, 0.1) is 5.69 Å². The van der Waals surface area contributed by atoms with Crippen LogP contribution in [0, 0.1) is 0 Å². The Morgan fingerprint density at radius 3 is 2.85 bits per heavy atom. The zero-order valence-electron chi connectivity index (χ0n) is 7.69. The monoisotopic (exact) mass is 180 g/mol. The summed E-state index contributed by atoms with van der Waals surface area (Å²) in [5.41, 5.74) is 1.06. The summed E-state index contributed by atoms with van der Waals surface area (Å²) in [6, 6.07) is 1.78. The molecule has 70 valence electrons. The summed E-state index contributed by atoms with van der Waals surface area (Å²) < 4.78 is 1.64. The van der Waals surface area contributed by atoms with Gasteiger partial charge in [-0.25, -0.2) is 4.79 Å². The lowest BCUT2D eigenvalue weighted by molar-refractivity contribution is -0.132. The number of carboxylic acids is 1. The molecule has 0 aliphatic heterocycles. The fourth-order valence-corrected chi connectivity index (χ4v) is 1.00. The van der Waals surface area contributed by atoms with Crippen LogP contribution in [0.15, 0.2) is 17.8 Å². The third-order valence-electron chi connectivity index (χ3n) is 1.71. The summed E-state index contributed by atoms with van der Waals surface area (Å²) in [6.07, 6.45) is 3.87. The molecular weight excluding hydrogens is 168 g/mol. The van der Waals surface area contributed by atoms with E-state index in [-0.39, 0.29) is 0 Å². The lowest BCUT2D eigenvalue weighted by Gasteiger charge is -1.94. The number of hydrogen-bond acceptors (Lipinski definition) is 2. The normalized spacial score (nSPS) is 11.7. The molecule has 1 rings (SSSR count). The van der Waals surface area contributed by atoms with Gasteiger partial charge < -0.3 is 5.11 Å². The summed E-state index contributed by atoms with van der Waals surface area (Å²) in [5, 5.41) is 12.8. The lowest BCUT2D eigenvalue weighted by atomic mass is 10.2. The van der Waals surface area contributed by atoms with Crippen molar-refractivity contribution in [1.29, 1.82) is 0 Å². The quantitative estimate of drug-likeness (QED) is 0.713. The second-order valence-corrected chi connectivity index (χ2v) is 2.74. The standard InChI is InChI=1S/C9H12N2O2/c1-3-7(9(12)13)6-8-4-5-11(2)10-8/h4-6H,3H2,1-2H3,(H,12,13)/b7-6+. The van der Waals surface area contributed by atoms with Gasteiger partial charge >= 0.3 is 5.97 Å². The molecule has 0 spiro atoms. The number of aryl methyl sites for hydroxylation is 1. The minimum absolute atomic E-state index is 0.374. The Balaban J connectivity index is 2.91. The van der Waals surface area contributed by atoms with Crippen LogP contribution in [0.3, 0.4) is 0 Å². The molecule has 13 heavy (non-hydrogen) atoms. The Kier molecular flexibility index (Phi) is 2.84. The third kappa shape index (κ3) is 2.43. The topological polar surface area (TPSA) is 55.1 Å². The van der Waals surface area contributed by atoms with Gasteiger partial charge in [0.15, 0.2) is 0 Å². The Labute approximate surface area is 76.5 Å². The molecule has 1 heterocycles. The molecular formula is C9H12N2O2. The van der Waals surface area contributed by atoms with Crippen LogP contribution in [-0.4, -0.2) is 20.9 Å². The largest absolute Gasteiger partial charge is 0.478 e. The highest BCUT2D eigenvalue weighted by atomic mass is 16.4. The molecule has 0 saturated carbocycles. The fourth-order valence-electron chi connectivity index (χ4n) is 1.00. The number of aliphatic carboxylic acids is 1. The summed E-state index contributed by atoms with van der Waals surface area (Å²) in [7, 11) is 1.80. The van der Waals surface area contributed by atoms with Crippen LogP contribution < -0.4 is 0 Å². The molecule has 0 unspecified atom stereocenters. The first kappa shape index (κ1) is 9.51. The molecule has 1 aromatic rings. The molecule has 0 atom stereocenters. The van der Waals surface area contributed by atoms with Crippen LogP contribution in [-0.2, 0) is 11.8 Å². The van der Waals surface area contributed by atoms with E-state index in [1.54, 1.807) is 30.1 Å². The zero-order chi connectivity index (χ0) is 9.84. The van der Waals surface area contributed by atoms with Crippen molar-refractivity contribution in [3.63, 3.8) is 0 Å². The second kappa shape index (κ2) is 3.89. The van der Waals surface area contributed by atoms with E-state index in [2.05, 4.69) is 5.10 Å². The number of aromatic nitrogens is 2. The molecule has 1 N–H and O–H groups in total. The molecule has 0 fully saturated rings. The minimum atomic E-state index is -0.881. The van der Waals surface area contributed by atoms with E-state index in [0.717, 1.165) is 0 Å². The van der Waals surface area contributed by atoms with E-state index in [4.69, 9.17) is 5.11 Å². The van der Waals surface area contributed by atoms with Crippen LogP contribution in [0.5, 0.6) is 0 Å². The van der Waals surface area contributed by atoms with E-state index in [0.29, 0.717) is 17.7 Å². The SMILES string of the molecule is CC/C(=C\c1ccn(C)n1)C(=O)O. The van der Waals surface area contributed by atoms with Crippen molar-refractivity contribution in [2.75, 3.05) is 0 Å². The van der Waals surface area contributed by atoms with E-state index in [1.807, 2.05) is 6.92 Å². The second-order valence-electron chi connectivity index (χ2n) is 2.74. The van der Waals surface area contributed by atoms with Gasteiger partial charge in [-0.2, -0.15) is 5.10 Å². The zero-order valence-corrected chi connectivity index (χ0v) is 7.69. The molecule has 1 aromatic heterocycles. The summed E-state index contributed by atoms with van der Waals surface area (Å²) in [4.78, 5) is 10.6. The highest BCUT2D eigenvalue weighted by Crippen LogP contribution is 2.07. The first-order valence-electron chi connectivity index (χ1n) is 4.07. The van der Waals surface area contributed by atoms with Crippen LogP contribution in [0.2, 0.25) is 0 Å². The van der Waals surface area contributed by atoms with Crippen molar-refractivity contribution in [2.45, 2.75) is 13.3 Å². The third-order valence-corrected chi connectivity index (χ3v) is 1.71. The first-order chi connectivity index (χ1) is 6.13. The van der Waals surface area contributed by atoms with Gasteiger partial charge in [0, 0.05) is 18.8 Å². The maximum absolute atomic E-state index is 10.6. The van der Waals surface area contributed by atoms with Crippen LogP contribution >= 0.6 is 0 Å². The van der Waals surface area contributed by atoms with Crippen LogP contribution in [0.4, 0.5) is 0 Å². The lowest BCUT2D eigenvalue weighted by Crippen LogP contribution is -1.99. The van der Waals surface area contributed by atoms with Crippen molar-refractivity contribution in [3.05, 3.63) is 23.5 Å². The molecule has 4 nitrogen and oxygen atoms in total. The summed E-state index contributed by atoms with van der Waals surface area (Å²) in [5.74, 6) is -0.881. The number of hydrogen-bond donors (Lipinski definition) is 1. The van der Waals surface area contributed by atoms with Crippen molar-refractivity contribution in [1.82, 2.24) is 9.78 Å². The molecule has 0 amide bonds. The average molecular weight is 180 g/mol. The summed E-state index contributed by atoms with van der Waals surface area (Å²) >= 11 is 0. The first-order valence-corrected chi connectivity index (χ1v) is 4.07. The maximum Gasteiger partial charge on any atom is 0.331 e. The van der Waals surface area contributed by atoms with Gasteiger partial charge in [-0.1, -0.05) is 6.92 Å². The Bertz CT molecular complexity index is 339. The smallest absolute Gasteiger partial charge is 0.331 e. The van der Waals surface area contributed by atoms with Crippen molar-refractivity contribution in [2.24, 2.45) is 7.05 Å². The van der Waals surface area contributed by atoms with E-state index < -0.39 is 5.97 Å². The number of rotatable bonds is 3. The van der Waals surface area contributed by atoms with Crippen LogP contribution in [0.25, 0.3) is 6.08 Å². The van der Waals surface area contributed by atoms with Crippen molar-refractivity contribution >= 4 is 12.0 Å². The number of carbonyl (C=O) groups is 1. The summed E-state index contributed by atoms with van der Waals surface area (Å²) in [6.45, 7) is 1.81. The van der Waals surface area contributed by atoms with Gasteiger partial charge in [-0.15, -0.1) is 0 Å². The highest BCUT2D eigenvalue weighted by molar-refractivity contribution is 5.91. The minimum Gasteiger partial charge on any atom is -0.478 e. The molecule has 0 aliphatic carbocycles. The average Bonchev–Trinajstić information content (AvgIpc) is 2.46. The van der Waals surface area contributed by atoms with Gasteiger partial charge in [0.1, 0.15) is 0 Å². The van der Waals surface area contributed by atoms with Crippen molar-refractivity contribution < 1.29 is 9.90 Å². The van der Waals surface area contributed by atoms with Gasteiger partial charge in [-0.05, 0) is 18.6 Å². The van der Waals surface area contributed by atoms with Crippen molar-refractivity contribution in [3.8, 4) is 0 Å². The molecule has 0 aliphatic rings. The number of carboxylic acid groups (broad SMARTS) is 1. The van der Waals surface area contributed by atoms with E-state index in [1.165, 1.54) is 0 Å². The highest BCUT2D eigenvalue weighted by Gasteiger charge is 2.04. The molecule has 0 bridgehead atoms. The Hall–Kier alpha value is -1.58. The molecule has 0 aromatic carbocycles.